The normalized spacial score (nSPS) is 16.5. The van der Waals surface area contributed by atoms with Crippen LogP contribution in [0, 0.1) is 0 Å². The molecule has 3 nitrogen and oxygen atoms in total. The van der Waals surface area contributed by atoms with Crippen molar-refractivity contribution < 1.29 is 4.42 Å². The van der Waals surface area contributed by atoms with E-state index in [4.69, 9.17) is 14.4 Å². The summed E-state index contributed by atoms with van der Waals surface area (Å²) >= 11 is 1.87. The highest BCUT2D eigenvalue weighted by Crippen LogP contribution is 2.46. The maximum absolute atomic E-state index is 6.75. The molecule has 310 valence electrons. The number of benzene rings is 9. The maximum Gasteiger partial charge on any atom is 0.155 e. The van der Waals surface area contributed by atoms with Gasteiger partial charge < -0.3 is 4.42 Å². The van der Waals surface area contributed by atoms with Crippen LogP contribution in [0.2, 0.25) is 0 Å². The van der Waals surface area contributed by atoms with E-state index >= 15 is 0 Å². The molecule has 1 aliphatic carbocycles. The van der Waals surface area contributed by atoms with Crippen molar-refractivity contribution in [2.45, 2.75) is 44.1 Å². The van der Waals surface area contributed by atoms with Crippen LogP contribution in [0.25, 0.3) is 75.1 Å². The summed E-state index contributed by atoms with van der Waals surface area (Å²) < 4.78 is 9.36. The maximum atomic E-state index is 6.75. The number of fused-ring (bicyclic) bond motifs is 10. The molecule has 0 saturated heterocycles. The van der Waals surface area contributed by atoms with Crippen molar-refractivity contribution in [1.29, 1.82) is 0 Å². The van der Waals surface area contributed by atoms with Crippen LogP contribution in [0.4, 0.5) is 0 Å². The Hall–Kier alpha value is -7.40. The van der Waals surface area contributed by atoms with Crippen molar-refractivity contribution in [3.05, 3.63) is 228 Å². The van der Waals surface area contributed by atoms with Crippen LogP contribution in [0.5, 0.6) is 0 Å². The van der Waals surface area contributed by atoms with Crippen molar-refractivity contribution in [3.8, 4) is 22.3 Å². The largest absolute Gasteiger partial charge is 0.456 e. The second-order valence-corrected chi connectivity index (χ2v) is 18.8. The molecule has 1 aliphatic heterocycles. The van der Waals surface area contributed by atoms with Crippen LogP contribution in [-0.4, -0.2) is 11.5 Å². The van der Waals surface area contributed by atoms with Crippen LogP contribution in [0.3, 0.4) is 0 Å². The van der Waals surface area contributed by atoms with Crippen molar-refractivity contribution in [2.75, 3.05) is 0 Å². The lowest BCUT2D eigenvalue weighted by Crippen LogP contribution is -2.16. The fourth-order valence-corrected chi connectivity index (χ4v) is 12.0. The first-order chi connectivity index (χ1) is 32.2. The van der Waals surface area contributed by atoms with E-state index in [1.807, 2.05) is 11.3 Å². The third kappa shape index (κ3) is 6.62. The summed E-state index contributed by atoms with van der Waals surface area (Å²) in [5.74, 6) is 0.847. The number of hydrogen-bond acceptors (Lipinski definition) is 4. The van der Waals surface area contributed by atoms with Gasteiger partial charge in [-0.2, -0.15) is 0 Å². The van der Waals surface area contributed by atoms with Gasteiger partial charge in [0.25, 0.3) is 0 Å². The number of hydrogen-bond donors (Lipinski definition) is 0. The van der Waals surface area contributed by atoms with E-state index < -0.39 is 0 Å². The van der Waals surface area contributed by atoms with Crippen LogP contribution >= 0.6 is 11.3 Å². The molecule has 0 radical (unpaired) electrons. The molecule has 4 heteroatoms. The fraction of sp³-hybridized carbons (Fsp3) is 0.115. The molecule has 11 aromatic rings. The molecule has 0 amide bonds. The molecule has 2 aromatic heterocycles. The van der Waals surface area contributed by atoms with Gasteiger partial charge in [-0.25, -0.2) is 4.99 Å². The Kier molecular flexibility index (Phi) is 9.20. The van der Waals surface area contributed by atoms with Gasteiger partial charge in [0.15, 0.2) is 5.84 Å². The lowest BCUT2D eigenvalue weighted by atomic mass is 9.82. The number of para-hydroxylation sites is 1. The Morgan fingerprint density at radius 3 is 2.11 bits per heavy atom. The van der Waals surface area contributed by atoms with Crippen LogP contribution in [0.15, 0.2) is 209 Å². The molecule has 0 saturated carbocycles. The molecule has 0 spiro atoms. The van der Waals surface area contributed by atoms with Gasteiger partial charge in [0, 0.05) is 42.4 Å². The average Bonchev–Trinajstić information content (AvgIpc) is 3.87. The Morgan fingerprint density at radius 1 is 0.462 bits per heavy atom. The van der Waals surface area contributed by atoms with E-state index in [2.05, 4.69) is 194 Å². The minimum atomic E-state index is -0.0926. The van der Waals surface area contributed by atoms with Crippen LogP contribution in [0.1, 0.15) is 71.0 Å². The molecular formula is C61H44N2OS. The first-order valence-electron chi connectivity index (χ1n) is 23.0. The van der Waals surface area contributed by atoms with Gasteiger partial charge in [0.2, 0.25) is 0 Å². The lowest BCUT2D eigenvalue weighted by Gasteiger charge is -2.24. The summed E-state index contributed by atoms with van der Waals surface area (Å²) in [6, 6.07) is 71.0. The molecule has 2 unspecified atom stereocenters. The number of rotatable bonds is 5. The van der Waals surface area contributed by atoms with Gasteiger partial charge >= 0.3 is 0 Å². The molecule has 13 rings (SSSR count). The number of aliphatic imine (C=N–C) groups is 2. The molecule has 0 N–H and O–H groups in total. The monoisotopic (exact) mass is 852 g/mol. The summed E-state index contributed by atoms with van der Waals surface area (Å²) in [5, 5.41) is 7.43. The molecule has 3 heterocycles. The van der Waals surface area contributed by atoms with Gasteiger partial charge in [0.05, 0.1) is 11.8 Å². The van der Waals surface area contributed by atoms with Gasteiger partial charge in [-0.3, -0.25) is 4.99 Å². The molecular weight excluding hydrogens is 809 g/mol. The fourth-order valence-electron chi connectivity index (χ4n) is 10.9. The minimum Gasteiger partial charge on any atom is -0.456 e. The Labute approximate surface area is 382 Å². The van der Waals surface area contributed by atoms with Crippen molar-refractivity contribution in [3.63, 3.8) is 0 Å². The van der Waals surface area contributed by atoms with Crippen molar-refractivity contribution in [2.24, 2.45) is 9.98 Å². The minimum absolute atomic E-state index is 0.0747. The molecule has 65 heavy (non-hydrogen) atoms. The summed E-state index contributed by atoms with van der Waals surface area (Å²) in [6.07, 6.45) is 4.61. The van der Waals surface area contributed by atoms with E-state index in [1.54, 1.807) is 0 Å². The smallest absolute Gasteiger partial charge is 0.155 e. The van der Waals surface area contributed by atoms with E-state index in [1.165, 1.54) is 75.5 Å². The van der Waals surface area contributed by atoms with Gasteiger partial charge in [-0.05, 0) is 135 Å². The SMILES string of the molecule is c1ccc(-c2cccc(C3=NC(c4cc5oc6ccccc6c5cc4C4CCc5cc6ccccc6cc5-c5ccccc54)=NC(c4cccc5sc6ccccc6c45)CCC3)c2)cc1. The zero-order valence-corrected chi connectivity index (χ0v) is 36.7. The van der Waals surface area contributed by atoms with Crippen LogP contribution < -0.4 is 0 Å². The number of aryl methyl sites for hydroxylation is 1. The Morgan fingerprint density at radius 2 is 1.18 bits per heavy atom. The van der Waals surface area contributed by atoms with Crippen LogP contribution in [-0.2, 0) is 6.42 Å². The standard InChI is InChI=1S/C61H44N2OS/c1-2-15-38(16-3-1)39-19-12-20-43(34-39)54-26-14-27-55(48-25-13-30-59-60(48)49-24-9-11-29-58(49)65-59)63-61(62-54)53-37-57-52(47-23-8-10-28-56(47)64-57)36-51(53)46-32-31-42-33-40-17-4-5-18-41(40)35-50(42)45-22-7-6-21-44(45)46/h1-13,15-25,28-30,33-37,46,55H,14,26-27,31-32H2. The number of thiophene rings is 1. The molecule has 9 aromatic carbocycles. The Balaban J connectivity index is 1.07. The predicted octanol–water partition coefficient (Wildman–Crippen LogP) is 16.7. The third-order valence-corrected chi connectivity index (χ3v) is 15.1. The van der Waals surface area contributed by atoms with E-state index in [0.29, 0.717) is 0 Å². The molecule has 0 fully saturated rings. The summed E-state index contributed by atoms with van der Waals surface area (Å²) in [4.78, 5) is 11.7. The average molecular weight is 853 g/mol. The topological polar surface area (TPSA) is 37.9 Å². The molecule has 2 atom stereocenters. The number of amidine groups is 1. The molecule has 2 aliphatic rings. The molecule has 0 bridgehead atoms. The van der Waals surface area contributed by atoms with E-state index in [0.717, 1.165) is 76.7 Å². The lowest BCUT2D eigenvalue weighted by molar-refractivity contribution is 0.625. The summed E-state index contributed by atoms with van der Waals surface area (Å²) in [5.41, 5.74) is 15.3. The quantitative estimate of drug-likeness (QED) is 0.170. The highest BCUT2D eigenvalue weighted by molar-refractivity contribution is 7.25. The second-order valence-electron chi connectivity index (χ2n) is 17.8. The van der Waals surface area contributed by atoms with E-state index in [9.17, 15) is 0 Å². The van der Waals surface area contributed by atoms with E-state index in [-0.39, 0.29) is 12.0 Å². The zero-order chi connectivity index (χ0) is 42.8. The van der Waals surface area contributed by atoms with Gasteiger partial charge in [-0.1, -0.05) is 152 Å². The number of furan rings is 1. The van der Waals surface area contributed by atoms with Gasteiger partial charge in [0.1, 0.15) is 11.2 Å². The zero-order valence-electron chi connectivity index (χ0n) is 35.9. The summed E-state index contributed by atoms with van der Waals surface area (Å²) in [6.45, 7) is 0. The predicted molar refractivity (Wildman–Crippen MR) is 274 cm³/mol. The summed E-state index contributed by atoms with van der Waals surface area (Å²) in [7, 11) is 0. The first-order valence-corrected chi connectivity index (χ1v) is 23.8. The third-order valence-electron chi connectivity index (χ3n) is 14.0. The Bertz CT molecular complexity index is 3720. The number of nitrogens with zero attached hydrogens (tertiary/aromatic N) is 2. The highest BCUT2D eigenvalue weighted by Gasteiger charge is 2.30. The van der Waals surface area contributed by atoms with Crippen molar-refractivity contribution in [1.82, 2.24) is 0 Å². The highest BCUT2D eigenvalue weighted by atomic mass is 32.1. The second kappa shape index (κ2) is 15.7. The van der Waals surface area contributed by atoms with Gasteiger partial charge in [-0.15, -0.1) is 11.3 Å². The van der Waals surface area contributed by atoms with Crippen molar-refractivity contribution >= 4 is 75.8 Å². The first kappa shape index (κ1) is 38.1.